The Morgan fingerprint density at radius 2 is 2.06 bits per heavy atom. The molecule has 0 aromatic carbocycles. The van der Waals surface area contributed by atoms with E-state index in [1.165, 1.54) is 19.3 Å². The van der Waals surface area contributed by atoms with E-state index in [1.54, 1.807) is 0 Å². The average molecular weight is 228 g/mol. The molecule has 1 aliphatic carbocycles. The van der Waals surface area contributed by atoms with Gasteiger partial charge in [-0.15, -0.1) is 0 Å². The first kappa shape index (κ1) is 13.9. The number of nitrogens with zero attached hydrogens (tertiary/aromatic N) is 1. The molecule has 16 heavy (non-hydrogen) atoms. The fraction of sp³-hybridized carbons (Fsp3) is 1.00. The van der Waals surface area contributed by atoms with Gasteiger partial charge in [0.2, 0.25) is 0 Å². The first-order valence-corrected chi connectivity index (χ1v) is 6.58. The second-order valence-corrected chi connectivity index (χ2v) is 5.55. The Labute approximate surface area is 100 Å². The van der Waals surface area contributed by atoms with Crippen molar-refractivity contribution in [3.8, 4) is 0 Å². The van der Waals surface area contributed by atoms with Crippen molar-refractivity contribution in [2.24, 2.45) is 11.7 Å². The predicted octanol–water partition coefficient (Wildman–Crippen LogP) is 1.86. The van der Waals surface area contributed by atoms with Gasteiger partial charge in [0.1, 0.15) is 0 Å². The van der Waals surface area contributed by atoms with Crippen LogP contribution in [-0.2, 0) is 4.74 Å². The van der Waals surface area contributed by atoms with Crippen LogP contribution < -0.4 is 5.73 Å². The third-order valence-electron chi connectivity index (χ3n) is 3.59. The molecule has 0 aliphatic heterocycles. The molecular weight excluding hydrogens is 200 g/mol. The van der Waals surface area contributed by atoms with Crippen molar-refractivity contribution in [1.82, 2.24) is 4.90 Å². The van der Waals surface area contributed by atoms with Gasteiger partial charge in [-0.2, -0.15) is 0 Å². The van der Waals surface area contributed by atoms with Crippen molar-refractivity contribution in [3.05, 3.63) is 0 Å². The molecule has 0 radical (unpaired) electrons. The van der Waals surface area contributed by atoms with Gasteiger partial charge in [-0.25, -0.2) is 0 Å². The molecule has 0 bridgehead atoms. The zero-order chi connectivity index (χ0) is 12.1. The van der Waals surface area contributed by atoms with Gasteiger partial charge in [-0.05, 0) is 46.1 Å². The molecule has 3 atom stereocenters. The van der Waals surface area contributed by atoms with Crippen LogP contribution in [0.25, 0.3) is 0 Å². The van der Waals surface area contributed by atoms with Gasteiger partial charge in [0, 0.05) is 18.6 Å². The maximum Gasteiger partial charge on any atom is 0.0596 e. The Morgan fingerprint density at radius 3 is 2.69 bits per heavy atom. The highest BCUT2D eigenvalue weighted by Crippen LogP contribution is 2.25. The molecule has 1 aliphatic rings. The molecule has 3 unspecified atom stereocenters. The molecule has 3 heteroatoms. The van der Waals surface area contributed by atoms with E-state index in [1.807, 2.05) is 0 Å². The molecule has 1 fully saturated rings. The number of rotatable bonds is 5. The van der Waals surface area contributed by atoms with E-state index in [4.69, 9.17) is 10.5 Å². The highest BCUT2D eigenvalue weighted by molar-refractivity contribution is 4.87. The van der Waals surface area contributed by atoms with Crippen molar-refractivity contribution >= 4 is 0 Å². The SMILES string of the molecule is CC1CCC(N)C(N(C)CCOC(C)C)C1. The molecule has 0 aromatic rings. The number of ether oxygens (including phenoxy) is 1. The molecule has 2 N–H and O–H groups in total. The van der Waals surface area contributed by atoms with Gasteiger partial charge in [0.05, 0.1) is 12.7 Å². The predicted molar refractivity (Wildman–Crippen MR) is 68.5 cm³/mol. The van der Waals surface area contributed by atoms with E-state index in [0.29, 0.717) is 18.2 Å². The minimum atomic E-state index is 0.326. The first-order valence-electron chi connectivity index (χ1n) is 6.58. The minimum Gasteiger partial charge on any atom is -0.377 e. The molecule has 96 valence electrons. The van der Waals surface area contributed by atoms with E-state index < -0.39 is 0 Å². The summed E-state index contributed by atoms with van der Waals surface area (Å²) >= 11 is 0. The summed E-state index contributed by atoms with van der Waals surface area (Å²) in [5, 5.41) is 0. The van der Waals surface area contributed by atoms with Crippen LogP contribution in [0.1, 0.15) is 40.0 Å². The third-order valence-corrected chi connectivity index (χ3v) is 3.59. The van der Waals surface area contributed by atoms with Crippen LogP contribution in [0.3, 0.4) is 0 Å². The quantitative estimate of drug-likeness (QED) is 0.780. The Kier molecular flexibility index (Phi) is 5.73. The molecule has 0 spiro atoms. The molecule has 3 nitrogen and oxygen atoms in total. The van der Waals surface area contributed by atoms with E-state index in [-0.39, 0.29) is 0 Å². The summed E-state index contributed by atoms with van der Waals surface area (Å²) in [5.74, 6) is 0.818. The van der Waals surface area contributed by atoms with Crippen molar-refractivity contribution in [1.29, 1.82) is 0 Å². The zero-order valence-corrected chi connectivity index (χ0v) is 11.3. The molecule has 1 saturated carbocycles. The topological polar surface area (TPSA) is 38.5 Å². The standard InChI is InChI=1S/C13H28N2O/c1-10(2)16-8-7-15(4)13-9-11(3)5-6-12(13)14/h10-13H,5-9,14H2,1-4H3. The average Bonchev–Trinajstić information content (AvgIpc) is 2.21. The minimum absolute atomic E-state index is 0.326. The van der Waals surface area contributed by atoms with Gasteiger partial charge in [-0.1, -0.05) is 6.92 Å². The monoisotopic (exact) mass is 228 g/mol. The Bertz CT molecular complexity index is 196. The molecule has 0 aromatic heterocycles. The lowest BCUT2D eigenvalue weighted by molar-refractivity contribution is 0.0450. The van der Waals surface area contributed by atoms with E-state index in [9.17, 15) is 0 Å². The lowest BCUT2D eigenvalue weighted by Crippen LogP contribution is -2.50. The lowest BCUT2D eigenvalue weighted by Gasteiger charge is -2.38. The van der Waals surface area contributed by atoms with Crippen LogP contribution in [0.4, 0.5) is 0 Å². The van der Waals surface area contributed by atoms with Gasteiger partial charge < -0.3 is 10.5 Å². The highest BCUT2D eigenvalue weighted by atomic mass is 16.5. The number of hydrogen-bond acceptors (Lipinski definition) is 3. The maximum absolute atomic E-state index is 6.19. The maximum atomic E-state index is 6.19. The second kappa shape index (κ2) is 6.58. The molecule has 0 amide bonds. The fourth-order valence-corrected chi connectivity index (χ4v) is 2.48. The van der Waals surface area contributed by atoms with E-state index in [0.717, 1.165) is 19.1 Å². The normalized spacial score (nSPS) is 31.3. The van der Waals surface area contributed by atoms with Crippen molar-refractivity contribution < 1.29 is 4.74 Å². The first-order chi connectivity index (χ1) is 7.50. The summed E-state index contributed by atoms with van der Waals surface area (Å²) in [6.07, 6.45) is 4.02. The summed E-state index contributed by atoms with van der Waals surface area (Å²) in [7, 11) is 2.17. The van der Waals surface area contributed by atoms with Crippen molar-refractivity contribution in [2.75, 3.05) is 20.2 Å². The van der Waals surface area contributed by atoms with Crippen molar-refractivity contribution in [3.63, 3.8) is 0 Å². The lowest BCUT2D eigenvalue weighted by atomic mass is 9.83. The van der Waals surface area contributed by atoms with Crippen LogP contribution >= 0.6 is 0 Å². The van der Waals surface area contributed by atoms with Crippen LogP contribution in [0.15, 0.2) is 0 Å². The van der Waals surface area contributed by atoms with Crippen molar-refractivity contribution in [2.45, 2.75) is 58.2 Å². The van der Waals surface area contributed by atoms with E-state index >= 15 is 0 Å². The summed E-state index contributed by atoms with van der Waals surface area (Å²) in [6.45, 7) is 8.29. The Morgan fingerprint density at radius 1 is 1.38 bits per heavy atom. The molecular formula is C13H28N2O. The van der Waals surface area contributed by atoms with Gasteiger partial charge in [0.15, 0.2) is 0 Å². The van der Waals surface area contributed by atoms with Gasteiger partial charge in [0.25, 0.3) is 0 Å². The largest absolute Gasteiger partial charge is 0.377 e. The third kappa shape index (κ3) is 4.40. The van der Waals surface area contributed by atoms with Crippen LogP contribution in [0.2, 0.25) is 0 Å². The second-order valence-electron chi connectivity index (χ2n) is 5.55. The molecule has 0 saturated heterocycles. The number of hydrogen-bond donors (Lipinski definition) is 1. The Balaban J connectivity index is 2.30. The fourth-order valence-electron chi connectivity index (χ4n) is 2.48. The van der Waals surface area contributed by atoms with Gasteiger partial charge >= 0.3 is 0 Å². The molecule has 1 rings (SSSR count). The van der Waals surface area contributed by atoms with Crippen LogP contribution in [0, 0.1) is 5.92 Å². The van der Waals surface area contributed by atoms with Crippen LogP contribution in [0.5, 0.6) is 0 Å². The Hall–Kier alpha value is -0.120. The molecule has 0 heterocycles. The number of nitrogens with two attached hydrogens (primary N) is 1. The van der Waals surface area contributed by atoms with Gasteiger partial charge in [-0.3, -0.25) is 4.90 Å². The summed E-state index contributed by atoms with van der Waals surface area (Å²) in [5.41, 5.74) is 6.19. The summed E-state index contributed by atoms with van der Waals surface area (Å²) in [6, 6.07) is 0.889. The van der Waals surface area contributed by atoms with E-state index in [2.05, 4.69) is 32.7 Å². The van der Waals surface area contributed by atoms with Crippen LogP contribution in [-0.4, -0.2) is 43.3 Å². The highest BCUT2D eigenvalue weighted by Gasteiger charge is 2.28. The zero-order valence-electron chi connectivity index (χ0n) is 11.3. The summed E-state index contributed by atoms with van der Waals surface area (Å²) in [4.78, 5) is 2.38. The number of likely N-dealkylation sites (N-methyl/N-ethyl adjacent to an activating group) is 1. The summed E-state index contributed by atoms with van der Waals surface area (Å²) < 4.78 is 5.58. The smallest absolute Gasteiger partial charge is 0.0596 e.